The van der Waals surface area contributed by atoms with E-state index in [1.165, 1.54) is 12.8 Å². The zero-order valence-electron chi connectivity index (χ0n) is 14.0. The van der Waals surface area contributed by atoms with Crippen molar-refractivity contribution < 1.29 is 9.47 Å². The normalized spacial score (nSPS) is 12.0. The number of pyridine rings is 1. The molecule has 0 radical (unpaired) electrons. The molecule has 23 heavy (non-hydrogen) atoms. The van der Waals surface area contributed by atoms with Crippen LogP contribution in [-0.4, -0.2) is 12.1 Å². The van der Waals surface area contributed by atoms with Crippen molar-refractivity contribution in [3.05, 3.63) is 53.9 Å². The molecule has 0 amide bonds. The Kier molecular flexibility index (Phi) is 6.88. The average molecular weight is 314 g/mol. The number of methoxy groups -OCH3 is 1. The van der Waals surface area contributed by atoms with Crippen molar-refractivity contribution in [3.8, 4) is 11.5 Å². The molecular weight excluding hydrogens is 288 g/mol. The van der Waals surface area contributed by atoms with E-state index in [0.29, 0.717) is 18.1 Å². The molecule has 0 saturated heterocycles. The Morgan fingerprint density at radius 3 is 2.70 bits per heavy atom. The van der Waals surface area contributed by atoms with Gasteiger partial charge < -0.3 is 15.2 Å². The summed E-state index contributed by atoms with van der Waals surface area (Å²) in [5, 5.41) is 0. The lowest BCUT2D eigenvalue weighted by Gasteiger charge is -2.16. The van der Waals surface area contributed by atoms with Gasteiger partial charge in [0.1, 0.15) is 6.61 Å². The number of nitrogens with zero attached hydrogens (tertiary/aromatic N) is 1. The molecule has 0 aliphatic rings. The van der Waals surface area contributed by atoms with Crippen molar-refractivity contribution in [2.24, 2.45) is 5.73 Å². The zero-order chi connectivity index (χ0) is 16.5. The summed E-state index contributed by atoms with van der Waals surface area (Å²) in [4.78, 5) is 4.27. The number of rotatable bonds is 9. The summed E-state index contributed by atoms with van der Waals surface area (Å²) < 4.78 is 11.3. The first-order valence-corrected chi connectivity index (χ1v) is 8.20. The number of hydrogen-bond acceptors (Lipinski definition) is 4. The number of nitrogens with two attached hydrogens (primary N) is 1. The molecule has 2 rings (SSSR count). The molecule has 0 fully saturated rings. The third-order valence-electron chi connectivity index (χ3n) is 3.84. The molecule has 0 saturated carbocycles. The Morgan fingerprint density at radius 1 is 1.13 bits per heavy atom. The second kappa shape index (κ2) is 9.16. The summed E-state index contributed by atoms with van der Waals surface area (Å²) in [6.45, 7) is 2.61. The molecule has 1 aromatic heterocycles. The van der Waals surface area contributed by atoms with Gasteiger partial charge in [0, 0.05) is 12.2 Å². The van der Waals surface area contributed by atoms with Crippen LogP contribution in [0, 0.1) is 0 Å². The van der Waals surface area contributed by atoms with Gasteiger partial charge >= 0.3 is 0 Å². The van der Waals surface area contributed by atoms with Crippen molar-refractivity contribution in [2.75, 3.05) is 7.11 Å². The lowest BCUT2D eigenvalue weighted by atomic mass is 10.0. The Labute approximate surface area is 138 Å². The minimum Gasteiger partial charge on any atom is -0.493 e. The van der Waals surface area contributed by atoms with E-state index in [-0.39, 0.29) is 6.04 Å². The first-order valence-electron chi connectivity index (χ1n) is 8.20. The summed E-state index contributed by atoms with van der Waals surface area (Å²) in [6.07, 6.45) is 6.31. The van der Waals surface area contributed by atoms with Gasteiger partial charge in [-0.15, -0.1) is 0 Å². The average Bonchev–Trinajstić information content (AvgIpc) is 2.60. The lowest BCUT2D eigenvalue weighted by molar-refractivity contribution is 0.280. The summed E-state index contributed by atoms with van der Waals surface area (Å²) in [5.74, 6) is 1.42. The van der Waals surface area contributed by atoms with Gasteiger partial charge in [-0.3, -0.25) is 4.98 Å². The largest absolute Gasteiger partial charge is 0.493 e. The van der Waals surface area contributed by atoms with Gasteiger partial charge in [-0.25, -0.2) is 0 Å². The van der Waals surface area contributed by atoms with Crippen molar-refractivity contribution in [1.82, 2.24) is 4.98 Å². The maximum atomic E-state index is 6.29. The highest BCUT2D eigenvalue weighted by molar-refractivity contribution is 5.43. The first-order chi connectivity index (χ1) is 11.2. The van der Waals surface area contributed by atoms with Crippen LogP contribution in [0.1, 0.15) is 49.9 Å². The molecule has 124 valence electrons. The van der Waals surface area contributed by atoms with E-state index in [4.69, 9.17) is 15.2 Å². The Balaban J connectivity index is 2.05. The quantitative estimate of drug-likeness (QED) is 0.703. The number of hydrogen-bond donors (Lipinski definition) is 1. The SMILES string of the molecule is CCCCCC(N)c1ccc(OC)c(OCc2ccccn2)c1. The molecule has 4 nitrogen and oxygen atoms in total. The molecular formula is C19H26N2O2. The Morgan fingerprint density at radius 2 is 2.00 bits per heavy atom. The fraction of sp³-hybridized carbons (Fsp3) is 0.421. The monoisotopic (exact) mass is 314 g/mol. The molecule has 1 heterocycles. The molecule has 0 aliphatic heterocycles. The Bertz CT molecular complexity index is 587. The second-order valence-corrected chi connectivity index (χ2v) is 5.62. The number of unbranched alkanes of at least 4 members (excludes halogenated alkanes) is 2. The molecule has 0 aliphatic carbocycles. The van der Waals surface area contributed by atoms with Gasteiger partial charge in [-0.2, -0.15) is 0 Å². The number of ether oxygens (including phenoxy) is 2. The highest BCUT2D eigenvalue weighted by Crippen LogP contribution is 2.31. The third kappa shape index (κ3) is 5.25. The third-order valence-corrected chi connectivity index (χ3v) is 3.84. The van der Waals surface area contributed by atoms with Crippen LogP contribution in [0.5, 0.6) is 11.5 Å². The second-order valence-electron chi connectivity index (χ2n) is 5.62. The summed E-state index contributed by atoms with van der Waals surface area (Å²) >= 11 is 0. The minimum atomic E-state index is 0.0321. The summed E-state index contributed by atoms with van der Waals surface area (Å²) in [5.41, 5.74) is 8.26. The van der Waals surface area contributed by atoms with Gasteiger partial charge in [0.25, 0.3) is 0 Å². The molecule has 4 heteroatoms. The topological polar surface area (TPSA) is 57.4 Å². The molecule has 0 spiro atoms. The van der Waals surface area contributed by atoms with Crippen LogP contribution in [-0.2, 0) is 6.61 Å². The van der Waals surface area contributed by atoms with Crippen LogP contribution >= 0.6 is 0 Å². The molecule has 2 aromatic rings. The maximum Gasteiger partial charge on any atom is 0.162 e. The molecule has 1 atom stereocenters. The van der Waals surface area contributed by atoms with Crippen LogP contribution < -0.4 is 15.2 Å². The van der Waals surface area contributed by atoms with Crippen LogP contribution in [0.15, 0.2) is 42.6 Å². The smallest absolute Gasteiger partial charge is 0.162 e. The maximum absolute atomic E-state index is 6.29. The van der Waals surface area contributed by atoms with Crippen molar-refractivity contribution in [2.45, 2.75) is 45.3 Å². The molecule has 1 aromatic carbocycles. The van der Waals surface area contributed by atoms with Crippen LogP contribution in [0.4, 0.5) is 0 Å². The van der Waals surface area contributed by atoms with Crippen LogP contribution in [0.2, 0.25) is 0 Å². The van der Waals surface area contributed by atoms with Gasteiger partial charge in [0.2, 0.25) is 0 Å². The van der Waals surface area contributed by atoms with Gasteiger partial charge in [0.05, 0.1) is 12.8 Å². The molecule has 1 unspecified atom stereocenters. The van der Waals surface area contributed by atoms with Crippen LogP contribution in [0.3, 0.4) is 0 Å². The van der Waals surface area contributed by atoms with E-state index in [1.54, 1.807) is 13.3 Å². The van der Waals surface area contributed by atoms with E-state index >= 15 is 0 Å². The van der Waals surface area contributed by atoms with E-state index in [1.807, 2.05) is 36.4 Å². The fourth-order valence-corrected chi connectivity index (χ4v) is 2.45. The van der Waals surface area contributed by atoms with Crippen molar-refractivity contribution in [1.29, 1.82) is 0 Å². The first kappa shape index (κ1) is 17.3. The molecule has 2 N–H and O–H groups in total. The van der Waals surface area contributed by atoms with E-state index in [0.717, 1.165) is 24.1 Å². The van der Waals surface area contributed by atoms with Gasteiger partial charge in [-0.1, -0.05) is 38.3 Å². The van der Waals surface area contributed by atoms with E-state index in [2.05, 4.69) is 11.9 Å². The summed E-state index contributed by atoms with van der Waals surface area (Å²) in [6, 6.07) is 11.7. The lowest BCUT2D eigenvalue weighted by Crippen LogP contribution is -2.10. The Hall–Kier alpha value is -2.07. The van der Waals surface area contributed by atoms with E-state index < -0.39 is 0 Å². The standard InChI is InChI=1S/C19H26N2O2/c1-3-4-5-9-17(20)15-10-11-18(22-2)19(13-15)23-14-16-8-6-7-12-21-16/h6-8,10-13,17H,3-5,9,14,20H2,1-2H3. The van der Waals surface area contributed by atoms with Crippen LogP contribution in [0.25, 0.3) is 0 Å². The number of benzene rings is 1. The fourth-order valence-electron chi connectivity index (χ4n) is 2.45. The highest BCUT2D eigenvalue weighted by Gasteiger charge is 2.11. The summed E-state index contributed by atoms with van der Waals surface area (Å²) in [7, 11) is 1.64. The van der Waals surface area contributed by atoms with E-state index in [9.17, 15) is 0 Å². The van der Waals surface area contributed by atoms with Gasteiger partial charge in [-0.05, 0) is 36.2 Å². The predicted molar refractivity (Wildman–Crippen MR) is 92.6 cm³/mol. The van der Waals surface area contributed by atoms with Crippen molar-refractivity contribution >= 4 is 0 Å². The highest BCUT2D eigenvalue weighted by atomic mass is 16.5. The minimum absolute atomic E-state index is 0.0321. The molecule has 0 bridgehead atoms. The van der Waals surface area contributed by atoms with Crippen molar-refractivity contribution in [3.63, 3.8) is 0 Å². The van der Waals surface area contributed by atoms with Gasteiger partial charge in [0.15, 0.2) is 11.5 Å². The predicted octanol–water partition coefficient (Wildman–Crippen LogP) is 4.25. The number of aromatic nitrogens is 1. The zero-order valence-corrected chi connectivity index (χ0v) is 14.0.